The molecule has 2 aromatic carbocycles. The highest BCUT2D eigenvalue weighted by molar-refractivity contribution is 9.10. The molecule has 0 spiro atoms. The summed E-state index contributed by atoms with van der Waals surface area (Å²) in [5, 5.41) is -0.184. The zero-order chi connectivity index (χ0) is 24.9. The largest absolute Gasteiger partial charge is 0.465 e. The van der Waals surface area contributed by atoms with E-state index in [0.717, 1.165) is 25.8 Å². The van der Waals surface area contributed by atoms with Gasteiger partial charge in [-0.25, -0.2) is 4.90 Å². The Morgan fingerprint density at radius 1 is 0.971 bits per heavy atom. The Bertz CT molecular complexity index is 1380. The van der Waals surface area contributed by atoms with Crippen LogP contribution in [0.2, 0.25) is 0 Å². The highest BCUT2D eigenvalue weighted by Gasteiger charge is 2.56. The van der Waals surface area contributed by atoms with Gasteiger partial charge in [-0.2, -0.15) is 0 Å². The van der Waals surface area contributed by atoms with Crippen LogP contribution in [0.4, 0.5) is 5.69 Å². The summed E-state index contributed by atoms with van der Waals surface area (Å²) in [7, 11) is 0. The third-order valence-electron chi connectivity index (χ3n) is 5.96. The summed E-state index contributed by atoms with van der Waals surface area (Å²) < 4.78 is 8.13. The number of hydrogen-bond acceptors (Lipinski definition) is 7. The topological polar surface area (TPSA) is 85.7 Å². The number of anilines is 1. The van der Waals surface area contributed by atoms with Gasteiger partial charge in [0.1, 0.15) is 11.8 Å². The molecule has 7 nitrogen and oxygen atoms in total. The Labute approximate surface area is 225 Å². The van der Waals surface area contributed by atoms with Crippen molar-refractivity contribution in [3.63, 3.8) is 0 Å². The molecule has 180 valence electrons. The van der Waals surface area contributed by atoms with Crippen molar-refractivity contribution in [3.05, 3.63) is 77.6 Å². The van der Waals surface area contributed by atoms with E-state index in [9.17, 15) is 19.2 Å². The van der Waals surface area contributed by atoms with Gasteiger partial charge in [0.05, 0.1) is 23.2 Å². The van der Waals surface area contributed by atoms with E-state index < -0.39 is 23.1 Å². The third-order valence-corrected chi connectivity index (χ3v) is 9.62. The van der Waals surface area contributed by atoms with E-state index in [1.54, 1.807) is 31.2 Å². The van der Waals surface area contributed by atoms with Crippen LogP contribution in [0, 0.1) is 5.92 Å². The lowest BCUT2D eigenvalue weighted by Gasteiger charge is -2.30. The molecule has 1 saturated heterocycles. The van der Waals surface area contributed by atoms with Gasteiger partial charge in [-0.3, -0.25) is 23.7 Å². The van der Waals surface area contributed by atoms with Crippen LogP contribution in [-0.4, -0.2) is 34.2 Å². The lowest BCUT2D eigenvalue weighted by molar-refractivity contribution is -0.144. The standard InChI is InChI=1S/C24H18Br2N2O5S2/c1-2-33-16(29)11-27-23-20(35-24(27)32)17(12-3-5-13(25)6-4-12)18-19(34-23)22(31)28(21(18)30)15-9-7-14(26)8-10-15/h3-10,17-19H,2,11H2,1H3/t17-,18?,19?/m1/s1. The first-order chi connectivity index (χ1) is 16.8. The maximum atomic E-state index is 13.8. The number of fused-ring (bicyclic) bond motifs is 2. The first-order valence-corrected chi connectivity index (χ1v) is 14.0. The average Bonchev–Trinajstić information content (AvgIpc) is 3.27. The maximum absolute atomic E-state index is 13.8. The molecule has 2 unspecified atom stereocenters. The number of carbonyl (C=O) groups is 3. The van der Waals surface area contributed by atoms with E-state index in [1.165, 1.54) is 21.2 Å². The van der Waals surface area contributed by atoms with Crippen LogP contribution >= 0.6 is 55.0 Å². The Kier molecular flexibility index (Phi) is 6.77. The van der Waals surface area contributed by atoms with Crippen LogP contribution in [0.25, 0.3) is 0 Å². The van der Waals surface area contributed by atoms with Crippen molar-refractivity contribution in [2.75, 3.05) is 11.5 Å². The number of ether oxygens (including phenoxy) is 1. The molecule has 2 aliphatic heterocycles. The van der Waals surface area contributed by atoms with Gasteiger partial charge in [-0.15, -0.1) is 0 Å². The normalized spacial score (nSPS) is 21.1. The summed E-state index contributed by atoms with van der Waals surface area (Å²) in [4.78, 5) is 54.2. The quantitative estimate of drug-likeness (QED) is 0.295. The molecular weight excluding hydrogens is 620 g/mol. The van der Waals surface area contributed by atoms with E-state index >= 15 is 0 Å². The molecule has 3 heterocycles. The second kappa shape index (κ2) is 9.68. The molecule has 0 N–H and O–H groups in total. The fraction of sp³-hybridized carbons (Fsp3) is 0.250. The average molecular weight is 638 g/mol. The van der Waals surface area contributed by atoms with Gasteiger partial charge >= 0.3 is 10.8 Å². The number of imide groups is 1. The molecule has 5 rings (SSSR count). The van der Waals surface area contributed by atoms with E-state index in [0.29, 0.717) is 15.6 Å². The minimum Gasteiger partial charge on any atom is -0.465 e. The molecule has 2 amide bonds. The molecule has 0 bridgehead atoms. The van der Waals surface area contributed by atoms with Gasteiger partial charge in [0.15, 0.2) is 0 Å². The van der Waals surface area contributed by atoms with Crippen LogP contribution in [0.5, 0.6) is 0 Å². The zero-order valence-electron chi connectivity index (χ0n) is 18.3. The zero-order valence-corrected chi connectivity index (χ0v) is 23.1. The Morgan fingerprint density at radius 3 is 2.23 bits per heavy atom. The lowest BCUT2D eigenvalue weighted by Crippen LogP contribution is -2.32. The van der Waals surface area contributed by atoms with Crippen LogP contribution in [0.15, 0.2) is 67.3 Å². The molecule has 1 aromatic heterocycles. The minimum absolute atomic E-state index is 0.203. The Balaban J connectivity index is 1.64. The summed E-state index contributed by atoms with van der Waals surface area (Å²) in [5.74, 6) is -2.34. The maximum Gasteiger partial charge on any atom is 0.326 e. The number of thiazole rings is 1. The molecule has 2 aliphatic rings. The number of thioether (sulfide) groups is 1. The number of aromatic nitrogens is 1. The second-order valence-corrected chi connectivity index (χ2v) is 12.0. The minimum atomic E-state index is -0.727. The summed E-state index contributed by atoms with van der Waals surface area (Å²) in [6, 6.07) is 14.6. The van der Waals surface area contributed by atoms with Crippen molar-refractivity contribution < 1.29 is 19.1 Å². The van der Waals surface area contributed by atoms with Crippen molar-refractivity contribution >= 4 is 78.4 Å². The second-order valence-electron chi connectivity index (χ2n) is 8.01. The summed E-state index contributed by atoms with van der Waals surface area (Å²) in [5.41, 5.74) is 1.33. The number of benzene rings is 2. The van der Waals surface area contributed by atoms with Crippen molar-refractivity contribution in [2.45, 2.75) is 29.7 Å². The molecule has 1 fully saturated rings. The number of amides is 2. The first-order valence-electron chi connectivity index (χ1n) is 10.7. The van der Waals surface area contributed by atoms with Crippen molar-refractivity contribution in [1.29, 1.82) is 0 Å². The van der Waals surface area contributed by atoms with E-state index in [4.69, 9.17) is 4.74 Å². The van der Waals surface area contributed by atoms with Crippen molar-refractivity contribution in [1.82, 2.24) is 4.57 Å². The molecule has 11 heteroatoms. The molecule has 0 saturated carbocycles. The fourth-order valence-corrected chi connectivity index (χ4v) is 7.77. The van der Waals surface area contributed by atoms with Gasteiger partial charge in [0.25, 0.3) is 0 Å². The predicted octanol–water partition coefficient (Wildman–Crippen LogP) is 4.79. The van der Waals surface area contributed by atoms with E-state index in [-0.39, 0.29) is 29.8 Å². The molecular formula is C24H18Br2N2O5S2. The molecule has 3 atom stereocenters. The number of nitrogens with zero attached hydrogens (tertiary/aromatic N) is 2. The molecule has 35 heavy (non-hydrogen) atoms. The number of esters is 1. The van der Waals surface area contributed by atoms with Crippen molar-refractivity contribution in [2.24, 2.45) is 5.92 Å². The summed E-state index contributed by atoms with van der Waals surface area (Å²) >= 11 is 9.03. The number of halogens is 2. The van der Waals surface area contributed by atoms with Crippen molar-refractivity contribution in [3.8, 4) is 0 Å². The third kappa shape index (κ3) is 4.32. The lowest BCUT2D eigenvalue weighted by atomic mass is 9.83. The van der Waals surface area contributed by atoms with Gasteiger partial charge in [0.2, 0.25) is 11.8 Å². The number of carbonyl (C=O) groups excluding carboxylic acids is 3. The smallest absolute Gasteiger partial charge is 0.326 e. The Morgan fingerprint density at radius 2 is 1.60 bits per heavy atom. The monoisotopic (exact) mass is 636 g/mol. The van der Waals surface area contributed by atoms with Crippen LogP contribution < -0.4 is 9.77 Å². The fourth-order valence-electron chi connectivity index (χ4n) is 4.46. The molecule has 3 aromatic rings. The van der Waals surface area contributed by atoms with Gasteiger partial charge in [0, 0.05) is 19.7 Å². The molecule has 0 aliphatic carbocycles. The Hall–Kier alpha value is -2.21. The van der Waals surface area contributed by atoms with Gasteiger partial charge in [-0.1, -0.05) is 67.1 Å². The number of hydrogen-bond donors (Lipinski definition) is 0. The van der Waals surface area contributed by atoms with Crippen LogP contribution in [0.3, 0.4) is 0 Å². The predicted molar refractivity (Wildman–Crippen MR) is 141 cm³/mol. The molecule has 0 radical (unpaired) electrons. The highest BCUT2D eigenvalue weighted by atomic mass is 79.9. The summed E-state index contributed by atoms with van der Waals surface area (Å²) in [6.07, 6.45) is 0. The van der Waals surface area contributed by atoms with Gasteiger partial charge in [-0.05, 0) is 48.9 Å². The SMILES string of the molecule is CCOC(=O)Cn1c2c(sc1=O)[C@H](c1ccc(Br)cc1)C1C(=O)N(c3ccc(Br)cc3)C(=O)C1S2. The first kappa shape index (κ1) is 24.5. The van der Waals surface area contributed by atoms with E-state index in [1.807, 2.05) is 24.3 Å². The summed E-state index contributed by atoms with van der Waals surface area (Å²) in [6.45, 7) is 1.66. The van der Waals surface area contributed by atoms with E-state index in [2.05, 4.69) is 31.9 Å². The number of rotatable bonds is 5. The van der Waals surface area contributed by atoms with Crippen LogP contribution in [-0.2, 0) is 25.7 Å². The highest BCUT2D eigenvalue weighted by Crippen LogP contribution is 2.53. The van der Waals surface area contributed by atoms with Gasteiger partial charge < -0.3 is 4.74 Å². The van der Waals surface area contributed by atoms with Crippen LogP contribution in [0.1, 0.15) is 23.3 Å².